The highest BCUT2D eigenvalue weighted by molar-refractivity contribution is 7.90. The van der Waals surface area contributed by atoms with Crippen LogP contribution >= 0.6 is 11.3 Å². The van der Waals surface area contributed by atoms with E-state index < -0.39 is 27.8 Å². The van der Waals surface area contributed by atoms with E-state index in [1.807, 2.05) is 6.92 Å². The van der Waals surface area contributed by atoms with Gasteiger partial charge in [-0.25, -0.2) is 13.2 Å². The maximum Gasteiger partial charge on any atom is 0.326 e. The molecule has 0 aliphatic heterocycles. The first kappa shape index (κ1) is 15.6. The van der Waals surface area contributed by atoms with Crippen LogP contribution in [0.25, 0.3) is 0 Å². The lowest BCUT2D eigenvalue weighted by Gasteiger charge is -2.13. The molecule has 2 N–H and O–H groups in total. The molecule has 1 heterocycles. The minimum Gasteiger partial charge on any atom is -0.480 e. The summed E-state index contributed by atoms with van der Waals surface area (Å²) in [7, 11) is -3.26. The van der Waals surface area contributed by atoms with E-state index in [-0.39, 0.29) is 12.2 Å². The second kappa shape index (κ2) is 6.16. The monoisotopic (exact) mass is 305 g/mol. The van der Waals surface area contributed by atoms with Crippen molar-refractivity contribution in [2.45, 2.75) is 19.4 Å². The molecule has 1 amide bonds. The van der Waals surface area contributed by atoms with E-state index in [9.17, 15) is 18.0 Å². The summed E-state index contributed by atoms with van der Waals surface area (Å²) in [6.45, 7) is 1.83. The predicted molar refractivity (Wildman–Crippen MR) is 72.3 cm³/mol. The van der Waals surface area contributed by atoms with Gasteiger partial charge in [0.15, 0.2) is 0 Å². The van der Waals surface area contributed by atoms with Crippen LogP contribution in [0.2, 0.25) is 0 Å². The smallest absolute Gasteiger partial charge is 0.326 e. The Hall–Kier alpha value is -1.41. The fourth-order valence-electron chi connectivity index (χ4n) is 1.38. The third kappa shape index (κ3) is 5.39. The van der Waals surface area contributed by atoms with Crippen LogP contribution in [0.5, 0.6) is 0 Å². The van der Waals surface area contributed by atoms with Gasteiger partial charge in [0.2, 0.25) is 0 Å². The highest BCUT2D eigenvalue weighted by Crippen LogP contribution is 2.15. The number of carbonyl (C=O) groups is 2. The molecule has 1 atom stereocenters. The lowest BCUT2D eigenvalue weighted by Crippen LogP contribution is -2.41. The minimum absolute atomic E-state index is 0.149. The van der Waals surface area contributed by atoms with Gasteiger partial charge < -0.3 is 10.4 Å². The molecule has 1 rings (SSSR count). The SMILES string of the molecule is Cc1ccc(C(=O)NC(CCS(C)(=O)=O)C(=O)O)s1. The summed E-state index contributed by atoms with van der Waals surface area (Å²) in [6.07, 6.45) is 0.876. The molecule has 0 saturated heterocycles. The van der Waals surface area contributed by atoms with E-state index in [2.05, 4.69) is 5.32 Å². The zero-order valence-electron chi connectivity index (χ0n) is 10.5. The van der Waals surface area contributed by atoms with E-state index in [0.717, 1.165) is 11.1 Å². The molecule has 0 spiro atoms. The fourth-order valence-corrected chi connectivity index (χ4v) is 2.81. The minimum atomic E-state index is -3.26. The Labute approximate surface area is 115 Å². The maximum atomic E-state index is 11.8. The van der Waals surface area contributed by atoms with Crippen molar-refractivity contribution in [2.24, 2.45) is 0 Å². The number of carboxylic acid groups (broad SMARTS) is 1. The Morgan fingerprint density at radius 1 is 1.42 bits per heavy atom. The lowest BCUT2D eigenvalue weighted by atomic mass is 10.2. The number of carbonyl (C=O) groups excluding carboxylic acids is 1. The van der Waals surface area contributed by atoms with Crippen LogP contribution < -0.4 is 5.32 Å². The van der Waals surface area contributed by atoms with Crippen LogP contribution in [0, 0.1) is 6.92 Å². The third-order valence-electron chi connectivity index (χ3n) is 2.34. The topological polar surface area (TPSA) is 101 Å². The van der Waals surface area contributed by atoms with Crippen molar-refractivity contribution in [1.29, 1.82) is 0 Å². The number of carboxylic acids is 1. The van der Waals surface area contributed by atoms with Crippen molar-refractivity contribution in [3.8, 4) is 0 Å². The van der Waals surface area contributed by atoms with E-state index in [4.69, 9.17) is 5.11 Å². The van der Waals surface area contributed by atoms with Gasteiger partial charge in [-0.2, -0.15) is 0 Å². The largest absolute Gasteiger partial charge is 0.480 e. The van der Waals surface area contributed by atoms with Gasteiger partial charge in [0.25, 0.3) is 5.91 Å². The van der Waals surface area contributed by atoms with E-state index in [1.54, 1.807) is 12.1 Å². The number of aryl methyl sites for hydroxylation is 1. The van der Waals surface area contributed by atoms with Crippen LogP contribution in [0.4, 0.5) is 0 Å². The molecule has 106 valence electrons. The maximum absolute atomic E-state index is 11.8. The van der Waals surface area contributed by atoms with Gasteiger partial charge in [0.05, 0.1) is 10.6 Å². The van der Waals surface area contributed by atoms with Crippen molar-refractivity contribution in [3.63, 3.8) is 0 Å². The van der Waals surface area contributed by atoms with Crippen LogP contribution in [0.1, 0.15) is 21.0 Å². The second-order valence-electron chi connectivity index (χ2n) is 4.19. The number of rotatable bonds is 6. The van der Waals surface area contributed by atoms with E-state index >= 15 is 0 Å². The molecule has 1 aromatic heterocycles. The highest BCUT2D eigenvalue weighted by atomic mass is 32.2. The van der Waals surface area contributed by atoms with Gasteiger partial charge in [-0.05, 0) is 25.5 Å². The number of hydrogen-bond acceptors (Lipinski definition) is 5. The molecule has 0 aliphatic rings. The molecule has 0 bridgehead atoms. The van der Waals surface area contributed by atoms with Gasteiger partial charge in [0.1, 0.15) is 15.9 Å². The van der Waals surface area contributed by atoms with Crippen LogP contribution in [-0.4, -0.2) is 43.5 Å². The van der Waals surface area contributed by atoms with E-state index in [0.29, 0.717) is 4.88 Å². The van der Waals surface area contributed by atoms with Gasteiger partial charge in [-0.1, -0.05) is 0 Å². The Kier molecular flexibility index (Phi) is 5.07. The van der Waals surface area contributed by atoms with Gasteiger partial charge >= 0.3 is 5.97 Å². The number of hydrogen-bond donors (Lipinski definition) is 2. The molecular weight excluding hydrogens is 290 g/mol. The summed E-state index contributed by atoms with van der Waals surface area (Å²) in [6, 6.07) is 2.15. The molecule has 0 fully saturated rings. The number of aliphatic carboxylic acids is 1. The van der Waals surface area contributed by atoms with Crippen LogP contribution in [0.15, 0.2) is 12.1 Å². The molecule has 8 heteroatoms. The Balaban J connectivity index is 2.68. The normalized spacial score (nSPS) is 12.9. The summed E-state index contributed by atoms with van der Waals surface area (Å²) in [5.74, 6) is -2.03. The van der Waals surface area contributed by atoms with E-state index in [1.165, 1.54) is 11.3 Å². The summed E-state index contributed by atoms with van der Waals surface area (Å²) < 4.78 is 22.0. The third-order valence-corrected chi connectivity index (χ3v) is 4.32. The summed E-state index contributed by atoms with van der Waals surface area (Å²) >= 11 is 1.25. The first-order valence-corrected chi connectivity index (χ1v) is 8.34. The Morgan fingerprint density at radius 3 is 2.47 bits per heavy atom. The van der Waals surface area contributed by atoms with Crippen LogP contribution in [-0.2, 0) is 14.6 Å². The number of nitrogens with one attached hydrogen (secondary N) is 1. The van der Waals surface area contributed by atoms with Crippen molar-refractivity contribution in [3.05, 3.63) is 21.9 Å². The lowest BCUT2D eigenvalue weighted by molar-refractivity contribution is -0.139. The molecule has 1 unspecified atom stereocenters. The molecule has 6 nitrogen and oxygen atoms in total. The van der Waals surface area contributed by atoms with Crippen molar-refractivity contribution < 1.29 is 23.1 Å². The first-order chi connectivity index (χ1) is 8.69. The average Bonchev–Trinajstić information content (AvgIpc) is 2.69. The quantitative estimate of drug-likeness (QED) is 0.804. The number of sulfone groups is 1. The summed E-state index contributed by atoms with van der Waals surface area (Å²) in [5.41, 5.74) is 0. The molecule has 0 aliphatic carbocycles. The zero-order chi connectivity index (χ0) is 14.6. The number of amides is 1. The molecule has 19 heavy (non-hydrogen) atoms. The Bertz CT molecular complexity index is 576. The van der Waals surface area contributed by atoms with Crippen molar-refractivity contribution in [2.75, 3.05) is 12.0 Å². The summed E-state index contributed by atoms with van der Waals surface area (Å²) in [5, 5.41) is 11.3. The van der Waals surface area contributed by atoms with Crippen molar-refractivity contribution >= 4 is 33.1 Å². The first-order valence-electron chi connectivity index (χ1n) is 5.47. The molecule has 0 aromatic carbocycles. The Morgan fingerprint density at radius 2 is 2.05 bits per heavy atom. The highest BCUT2D eigenvalue weighted by Gasteiger charge is 2.22. The second-order valence-corrected chi connectivity index (χ2v) is 7.74. The predicted octanol–water partition coefficient (Wildman–Crippen LogP) is 0.674. The average molecular weight is 305 g/mol. The van der Waals surface area contributed by atoms with Gasteiger partial charge in [0, 0.05) is 11.1 Å². The zero-order valence-corrected chi connectivity index (χ0v) is 12.2. The van der Waals surface area contributed by atoms with Gasteiger partial charge in [-0.3, -0.25) is 4.79 Å². The standard InChI is InChI=1S/C11H15NO5S2/c1-7-3-4-9(18-7)10(13)12-8(11(14)15)5-6-19(2,16)17/h3-4,8H,5-6H2,1-2H3,(H,12,13)(H,14,15). The molecule has 0 radical (unpaired) electrons. The van der Waals surface area contributed by atoms with Crippen molar-refractivity contribution in [1.82, 2.24) is 5.32 Å². The molecule has 1 aromatic rings. The number of thiophene rings is 1. The van der Waals surface area contributed by atoms with Gasteiger partial charge in [-0.15, -0.1) is 11.3 Å². The molecular formula is C11H15NO5S2. The van der Waals surface area contributed by atoms with Crippen LogP contribution in [0.3, 0.4) is 0 Å². The molecule has 0 saturated carbocycles. The summed E-state index contributed by atoms with van der Waals surface area (Å²) in [4.78, 5) is 24.1. The fraction of sp³-hybridized carbons (Fsp3) is 0.455.